The fourth-order valence-electron chi connectivity index (χ4n) is 2.72. The van der Waals surface area contributed by atoms with E-state index < -0.39 is 0 Å². The highest BCUT2D eigenvalue weighted by Crippen LogP contribution is 2.51. The van der Waals surface area contributed by atoms with Crippen LogP contribution in [0.4, 0.5) is 10.0 Å². The molecule has 1 aliphatic carbocycles. The number of anilines is 2. The van der Waals surface area contributed by atoms with Gasteiger partial charge in [-0.3, -0.25) is 0 Å². The molecule has 0 fully saturated rings. The number of rotatable bonds is 2. The molecule has 0 aromatic carbocycles. The Morgan fingerprint density at radius 3 is 2.20 bits per heavy atom. The van der Waals surface area contributed by atoms with Crippen molar-refractivity contribution in [2.24, 2.45) is 0 Å². The van der Waals surface area contributed by atoms with E-state index in [2.05, 4.69) is 32.2 Å². The predicted molar refractivity (Wildman–Crippen MR) is 91.1 cm³/mol. The van der Waals surface area contributed by atoms with Crippen LogP contribution in [0.25, 0.3) is 5.57 Å². The minimum Gasteiger partial charge on any atom is -0.391 e. The van der Waals surface area contributed by atoms with E-state index >= 15 is 0 Å². The first-order valence-electron chi connectivity index (χ1n) is 6.29. The molecule has 4 N–H and O–H groups in total. The average molecular weight is 300 g/mol. The Kier molecular flexibility index (Phi) is 3.07. The molecule has 0 saturated heterocycles. The molecule has 102 valence electrons. The highest BCUT2D eigenvalue weighted by Gasteiger charge is 2.32. The second-order valence-corrected chi connectivity index (χ2v) is 7.20. The lowest BCUT2D eigenvalue weighted by atomic mass is 9.96. The van der Waals surface area contributed by atoms with Crippen molar-refractivity contribution in [2.75, 3.05) is 11.5 Å². The molecule has 1 unspecified atom stereocenters. The van der Waals surface area contributed by atoms with E-state index in [4.69, 9.17) is 11.5 Å². The number of hydrogen-bond donors (Lipinski definition) is 2. The van der Waals surface area contributed by atoms with Crippen molar-refractivity contribution >= 4 is 38.2 Å². The minimum absolute atomic E-state index is 0.197. The van der Waals surface area contributed by atoms with Gasteiger partial charge in [-0.2, -0.15) is 0 Å². The summed E-state index contributed by atoms with van der Waals surface area (Å²) in [4.78, 5) is 2.39. The highest BCUT2D eigenvalue weighted by molar-refractivity contribution is 7.17. The second-order valence-electron chi connectivity index (χ2n) is 4.94. The Morgan fingerprint density at radius 1 is 1.00 bits per heavy atom. The van der Waals surface area contributed by atoms with E-state index in [0.717, 1.165) is 26.0 Å². The van der Waals surface area contributed by atoms with Crippen molar-refractivity contribution in [1.82, 2.24) is 0 Å². The van der Waals surface area contributed by atoms with Gasteiger partial charge in [-0.1, -0.05) is 18.7 Å². The summed E-state index contributed by atoms with van der Waals surface area (Å²) >= 11 is 3.21. The van der Waals surface area contributed by atoms with Crippen LogP contribution in [0.1, 0.15) is 22.6 Å². The Hall–Kier alpha value is -1.78. The third-order valence-electron chi connectivity index (χ3n) is 3.67. The van der Waals surface area contributed by atoms with Crippen molar-refractivity contribution in [3.05, 3.63) is 63.9 Å². The molecule has 2 aromatic heterocycles. The molecule has 0 bridgehead atoms. The van der Waals surface area contributed by atoms with E-state index in [9.17, 15) is 0 Å². The maximum atomic E-state index is 5.86. The number of hydrogen-bond acceptors (Lipinski definition) is 4. The molecular weight excluding hydrogens is 284 g/mol. The van der Waals surface area contributed by atoms with Gasteiger partial charge < -0.3 is 11.5 Å². The predicted octanol–water partition coefficient (Wildman–Crippen LogP) is 4.66. The molecule has 20 heavy (non-hydrogen) atoms. The van der Waals surface area contributed by atoms with Gasteiger partial charge in [0.2, 0.25) is 0 Å². The monoisotopic (exact) mass is 300 g/mol. The number of nitrogens with two attached hydrogens (primary N) is 2. The van der Waals surface area contributed by atoms with Gasteiger partial charge in [-0.15, -0.1) is 22.7 Å². The van der Waals surface area contributed by atoms with Gasteiger partial charge in [0.15, 0.2) is 0 Å². The summed E-state index contributed by atoms with van der Waals surface area (Å²) < 4.78 is 0. The van der Waals surface area contributed by atoms with Crippen molar-refractivity contribution in [3.8, 4) is 0 Å². The van der Waals surface area contributed by atoms with Crippen molar-refractivity contribution in [3.63, 3.8) is 0 Å². The fraction of sp³-hybridized carbons (Fsp3) is 0.125. The Bertz CT molecular complexity index is 746. The standard InChI is InChI=1S/C16H16N2S2/c1-8-9(2)16(12-5-7-14(18)20-12)10(3)15(8)11-4-6-13(17)19-11/h4-7,15H,1-2,17-18H2,3H3. The van der Waals surface area contributed by atoms with Gasteiger partial charge in [-0.05, 0) is 47.9 Å². The SMILES string of the molecule is C=C1C(=C)C(c2ccc(N)s2)C(C)=C1c1ccc(N)s1. The number of nitrogen functional groups attached to an aromatic ring is 2. The first-order chi connectivity index (χ1) is 9.49. The smallest absolute Gasteiger partial charge is 0.0862 e. The maximum Gasteiger partial charge on any atom is 0.0862 e. The Balaban J connectivity index is 2.12. The molecule has 0 spiro atoms. The third-order valence-corrected chi connectivity index (χ3v) is 5.58. The molecule has 2 aromatic rings. The first-order valence-corrected chi connectivity index (χ1v) is 7.92. The maximum absolute atomic E-state index is 5.86. The first kappa shape index (κ1) is 13.2. The van der Waals surface area contributed by atoms with Gasteiger partial charge in [0.25, 0.3) is 0 Å². The lowest BCUT2D eigenvalue weighted by Gasteiger charge is -2.11. The van der Waals surface area contributed by atoms with Gasteiger partial charge in [0, 0.05) is 15.7 Å². The van der Waals surface area contributed by atoms with Crippen molar-refractivity contribution < 1.29 is 0 Å². The summed E-state index contributed by atoms with van der Waals surface area (Å²) in [5.41, 5.74) is 16.3. The zero-order chi connectivity index (χ0) is 14.4. The van der Waals surface area contributed by atoms with Crippen LogP contribution in [-0.4, -0.2) is 0 Å². The van der Waals surface area contributed by atoms with E-state index in [0.29, 0.717) is 0 Å². The molecule has 1 aliphatic rings. The molecule has 4 heteroatoms. The summed E-state index contributed by atoms with van der Waals surface area (Å²) in [6.07, 6.45) is 0. The molecule has 2 heterocycles. The molecule has 1 atom stereocenters. The van der Waals surface area contributed by atoms with Crippen LogP contribution >= 0.6 is 22.7 Å². The normalized spacial score (nSPS) is 19.1. The zero-order valence-electron chi connectivity index (χ0n) is 11.3. The summed E-state index contributed by atoms with van der Waals surface area (Å²) in [6, 6.07) is 8.03. The molecule has 0 saturated carbocycles. The topological polar surface area (TPSA) is 52.0 Å². The Morgan fingerprint density at radius 2 is 1.65 bits per heavy atom. The third kappa shape index (κ3) is 1.92. The number of allylic oxidation sites excluding steroid dienone is 4. The van der Waals surface area contributed by atoms with Crippen LogP contribution in [0.3, 0.4) is 0 Å². The molecule has 0 aliphatic heterocycles. The average Bonchev–Trinajstić information content (AvgIpc) is 3.03. The zero-order valence-corrected chi connectivity index (χ0v) is 12.9. The molecular formula is C16H16N2S2. The van der Waals surface area contributed by atoms with Crippen LogP contribution in [0.2, 0.25) is 0 Å². The summed E-state index contributed by atoms with van der Waals surface area (Å²) in [6.45, 7) is 10.6. The van der Waals surface area contributed by atoms with E-state index in [1.54, 1.807) is 22.7 Å². The molecule has 0 amide bonds. The van der Waals surface area contributed by atoms with Crippen LogP contribution < -0.4 is 11.5 Å². The summed E-state index contributed by atoms with van der Waals surface area (Å²) in [7, 11) is 0. The van der Waals surface area contributed by atoms with Crippen LogP contribution in [-0.2, 0) is 0 Å². The van der Waals surface area contributed by atoms with E-state index in [-0.39, 0.29) is 5.92 Å². The minimum atomic E-state index is 0.197. The van der Waals surface area contributed by atoms with Crippen molar-refractivity contribution in [2.45, 2.75) is 12.8 Å². The van der Waals surface area contributed by atoms with E-state index in [1.807, 2.05) is 12.1 Å². The van der Waals surface area contributed by atoms with Crippen LogP contribution in [0, 0.1) is 0 Å². The largest absolute Gasteiger partial charge is 0.391 e. The van der Waals surface area contributed by atoms with Gasteiger partial charge in [0.1, 0.15) is 0 Å². The molecule has 0 radical (unpaired) electrons. The van der Waals surface area contributed by atoms with Gasteiger partial charge in [-0.25, -0.2) is 0 Å². The van der Waals surface area contributed by atoms with Crippen LogP contribution in [0.5, 0.6) is 0 Å². The van der Waals surface area contributed by atoms with Crippen LogP contribution in [0.15, 0.2) is 54.1 Å². The van der Waals surface area contributed by atoms with Gasteiger partial charge >= 0.3 is 0 Å². The quantitative estimate of drug-likeness (QED) is 0.847. The van der Waals surface area contributed by atoms with E-state index in [1.165, 1.54) is 16.0 Å². The number of thiophene rings is 2. The Labute approximate surface area is 126 Å². The fourth-order valence-corrected chi connectivity index (χ4v) is 4.61. The molecule has 2 nitrogen and oxygen atoms in total. The summed E-state index contributed by atoms with van der Waals surface area (Å²) in [5.74, 6) is 0.197. The highest BCUT2D eigenvalue weighted by atomic mass is 32.1. The van der Waals surface area contributed by atoms with Gasteiger partial charge in [0.05, 0.1) is 10.0 Å². The second kappa shape index (κ2) is 4.65. The van der Waals surface area contributed by atoms with Crippen molar-refractivity contribution in [1.29, 1.82) is 0 Å². The molecule has 3 rings (SSSR count). The lowest BCUT2D eigenvalue weighted by Crippen LogP contribution is -1.95. The lowest BCUT2D eigenvalue weighted by molar-refractivity contribution is 1.01. The summed E-state index contributed by atoms with van der Waals surface area (Å²) in [5, 5.41) is 1.66.